The monoisotopic (exact) mass is 266 g/mol. The molecule has 1 aromatic carbocycles. The molecular formula is C14H15FO4. The second-order valence-corrected chi connectivity index (χ2v) is 4.98. The first-order chi connectivity index (χ1) is 9.04. The molecule has 1 aromatic rings. The largest absolute Gasteiger partial charge is 0.488 e. The fourth-order valence-corrected chi connectivity index (χ4v) is 2.79. The van der Waals surface area contributed by atoms with E-state index in [1.165, 1.54) is 12.1 Å². The number of carbonyl (C=O) groups excluding carboxylic acids is 1. The minimum absolute atomic E-state index is 0.137. The van der Waals surface area contributed by atoms with Gasteiger partial charge in [0.2, 0.25) is 0 Å². The van der Waals surface area contributed by atoms with Gasteiger partial charge in [-0.1, -0.05) is 0 Å². The quantitative estimate of drug-likeness (QED) is 0.849. The second kappa shape index (κ2) is 4.20. The van der Waals surface area contributed by atoms with Crippen LogP contribution in [-0.2, 0) is 9.53 Å². The first-order valence-electron chi connectivity index (χ1n) is 6.39. The number of esters is 1. The lowest BCUT2D eigenvalue weighted by molar-refractivity contribution is -0.145. The van der Waals surface area contributed by atoms with Crippen LogP contribution in [0, 0.1) is 11.7 Å². The van der Waals surface area contributed by atoms with Gasteiger partial charge in [-0.15, -0.1) is 0 Å². The molecular weight excluding hydrogens is 251 g/mol. The zero-order valence-corrected chi connectivity index (χ0v) is 10.7. The SMILES string of the molecule is CCOC(=O)C1C2Oc3c(C(C)O)cc(F)cc3C21. The summed E-state index contributed by atoms with van der Waals surface area (Å²) in [7, 11) is 0. The fourth-order valence-electron chi connectivity index (χ4n) is 2.79. The Balaban J connectivity index is 1.92. The van der Waals surface area contributed by atoms with Crippen molar-refractivity contribution in [1.29, 1.82) is 0 Å². The van der Waals surface area contributed by atoms with Gasteiger partial charge in [0, 0.05) is 17.0 Å². The van der Waals surface area contributed by atoms with Gasteiger partial charge in [-0.2, -0.15) is 0 Å². The topological polar surface area (TPSA) is 55.8 Å². The highest BCUT2D eigenvalue weighted by atomic mass is 19.1. The van der Waals surface area contributed by atoms with Crippen LogP contribution in [0.15, 0.2) is 12.1 Å². The van der Waals surface area contributed by atoms with Crippen LogP contribution in [-0.4, -0.2) is 23.8 Å². The molecule has 0 bridgehead atoms. The van der Waals surface area contributed by atoms with E-state index in [0.29, 0.717) is 23.5 Å². The van der Waals surface area contributed by atoms with Gasteiger partial charge in [-0.3, -0.25) is 4.79 Å². The van der Waals surface area contributed by atoms with E-state index in [9.17, 15) is 14.3 Å². The predicted molar refractivity (Wildman–Crippen MR) is 64.3 cm³/mol. The van der Waals surface area contributed by atoms with Crippen molar-refractivity contribution in [1.82, 2.24) is 0 Å². The number of aliphatic hydroxyl groups excluding tert-OH is 1. The molecule has 1 aliphatic heterocycles. The van der Waals surface area contributed by atoms with Crippen molar-refractivity contribution >= 4 is 5.97 Å². The lowest BCUT2D eigenvalue weighted by Crippen LogP contribution is -2.14. The van der Waals surface area contributed by atoms with Crippen LogP contribution >= 0.6 is 0 Å². The summed E-state index contributed by atoms with van der Waals surface area (Å²) in [5.74, 6) is -0.676. The van der Waals surface area contributed by atoms with Gasteiger partial charge in [0.15, 0.2) is 0 Å². The lowest BCUT2D eigenvalue weighted by atomic mass is 10.0. The smallest absolute Gasteiger partial charge is 0.313 e. The molecule has 4 nitrogen and oxygen atoms in total. The van der Waals surface area contributed by atoms with Crippen LogP contribution in [0.3, 0.4) is 0 Å². The first kappa shape index (κ1) is 12.4. The molecule has 19 heavy (non-hydrogen) atoms. The summed E-state index contributed by atoms with van der Waals surface area (Å²) in [4.78, 5) is 11.7. The highest BCUT2D eigenvalue weighted by Gasteiger charge is 2.64. The molecule has 1 fully saturated rings. The van der Waals surface area contributed by atoms with Crippen LogP contribution in [0.4, 0.5) is 4.39 Å². The first-order valence-corrected chi connectivity index (χ1v) is 6.39. The Morgan fingerprint density at radius 1 is 1.58 bits per heavy atom. The van der Waals surface area contributed by atoms with E-state index in [1.807, 2.05) is 0 Å². The highest BCUT2D eigenvalue weighted by molar-refractivity contribution is 5.81. The molecule has 5 heteroatoms. The molecule has 102 valence electrons. The maximum absolute atomic E-state index is 13.6. The average Bonchev–Trinajstić information content (AvgIpc) is 2.94. The summed E-state index contributed by atoms with van der Waals surface area (Å²) in [6, 6.07) is 2.65. The molecule has 0 aromatic heterocycles. The van der Waals surface area contributed by atoms with E-state index in [2.05, 4.69) is 0 Å². The van der Waals surface area contributed by atoms with Crippen molar-refractivity contribution in [3.63, 3.8) is 0 Å². The number of carbonyl (C=O) groups is 1. The van der Waals surface area contributed by atoms with Gasteiger partial charge in [0.1, 0.15) is 23.6 Å². The number of aliphatic hydroxyl groups is 1. The van der Waals surface area contributed by atoms with E-state index < -0.39 is 11.9 Å². The fraction of sp³-hybridized carbons (Fsp3) is 0.500. The summed E-state index contributed by atoms with van der Waals surface area (Å²) in [5, 5.41) is 9.63. The molecule has 0 amide bonds. The third-order valence-corrected chi connectivity index (χ3v) is 3.69. The molecule has 0 saturated heterocycles. The Bertz CT molecular complexity index is 540. The van der Waals surface area contributed by atoms with E-state index in [-0.39, 0.29) is 23.9 Å². The van der Waals surface area contributed by atoms with Crippen molar-refractivity contribution < 1.29 is 23.8 Å². The molecule has 1 aliphatic carbocycles. The lowest BCUT2D eigenvalue weighted by Gasteiger charge is -2.14. The molecule has 2 aliphatic rings. The predicted octanol–water partition coefficient (Wildman–Crippen LogP) is 1.92. The zero-order valence-electron chi connectivity index (χ0n) is 10.7. The van der Waals surface area contributed by atoms with E-state index >= 15 is 0 Å². The van der Waals surface area contributed by atoms with Crippen LogP contribution in [0.5, 0.6) is 5.75 Å². The normalized spacial score (nSPS) is 28.1. The summed E-state index contributed by atoms with van der Waals surface area (Å²) in [6.07, 6.45) is -1.07. The molecule has 3 rings (SSSR count). The molecule has 1 N–H and O–H groups in total. The van der Waals surface area contributed by atoms with Crippen molar-refractivity contribution in [2.75, 3.05) is 6.61 Å². The Hall–Kier alpha value is -1.62. The number of benzene rings is 1. The average molecular weight is 266 g/mol. The zero-order chi connectivity index (χ0) is 13.7. The Morgan fingerprint density at radius 3 is 2.95 bits per heavy atom. The van der Waals surface area contributed by atoms with Gasteiger partial charge < -0.3 is 14.6 Å². The molecule has 1 heterocycles. The minimum atomic E-state index is -0.803. The standard InChI is InChI=1S/C14H15FO4/c1-3-18-14(17)11-10-9-5-7(15)4-8(6(2)16)12(9)19-13(10)11/h4-6,10-11,13,16H,3H2,1-2H3. The van der Waals surface area contributed by atoms with Crippen molar-refractivity contribution in [3.05, 3.63) is 29.1 Å². The molecule has 4 atom stereocenters. The maximum Gasteiger partial charge on any atom is 0.313 e. The maximum atomic E-state index is 13.6. The van der Waals surface area contributed by atoms with Crippen molar-refractivity contribution in [2.45, 2.75) is 32.0 Å². The molecule has 4 unspecified atom stereocenters. The molecule has 0 spiro atoms. The Labute approximate surface area is 110 Å². The van der Waals surface area contributed by atoms with Gasteiger partial charge in [-0.25, -0.2) is 4.39 Å². The van der Waals surface area contributed by atoms with Gasteiger partial charge >= 0.3 is 5.97 Å². The van der Waals surface area contributed by atoms with Crippen LogP contribution < -0.4 is 4.74 Å². The third kappa shape index (κ3) is 1.80. The third-order valence-electron chi connectivity index (χ3n) is 3.69. The van der Waals surface area contributed by atoms with Crippen LogP contribution in [0.25, 0.3) is 0 Å². The summed E-state index contributed by atoms with van der Waals surface area (Å²) in [5.41, 5.74) is 1.10. The van der Waals surface area contributed by atoms with E-state index in [0.717, 1.165) is 0 Å². The van der Waals surface area contributed by atoms with Gasteiger partial charge in [-0.05, 0) is 26.0 Å². The van der Waals surface area contributed by atoms with Gasteiger partial charge in [0.25, 0.3) is 0 Å². The Morgan fingerprint density at radius 2 is 2.32 bits per heavy atom. The minimum Gasteiger partial charge on any atom is -0.488 e. The van der Waals surface area contributed by atoms with Crippen LogP contribution in [0.1, 0.15) is 37.0 Å². The number of fused-ring (bicyclic) bond motifs is 3. The molecule has 1 saturated carbocycles. The summed E-state index contributed by atoms with van der Waals surface area (Å²) in [6.45, 7) is 3.63. The van der Waals surface area contributed by atoms with E-state index in [1.54, 1.807) is 13.8 Å². The van der Waals surface area contributed by atoms with Crippen molar-refractivity contribution in [3.8, 4) is 5.75 Å². The number of hydrogen-bond acceptors (Lipinski definition) is 4. The number of rotatable bonds is 3. The molecule has 0 radical (unpaired) electrons. The summed E-state index contributed by atoms with van der Waals surface area (Å²) >= 11 is 0. The Kier molecular flexibility index (Phi) is 2.74. The second-order valence-electron chi connectivity index (χ2n) is 4.98. The van der Waals surface area contributed by atoms with Crippen LogP contribution in [0.2, 0.25) is 0 Å². The van der Waals surface area contributed by atoms with Crippen molar-refractivity contribution in [2.24, 2.45) is 5.92 Å². The van der Waals surface area contributed by atoms with E-state index in [4.69, 9.17) is 9.47 Å². The number of ether oxygens (including phenoxy) is 2. The highest BCUT2D eigenvalue weighted by Crippen LogP contribution is 2.60. The summed E-state index contributed by atoms with van der Waals surface area (Å²) < 4.78 is 24.2. The number of halogens is 1. The number of hydrogen-bond donors (Lipinski definition) is 1. The van der Waals surface area contributed by atoms with Gasteiger partial charge in [0.05, 0.1) is 12.7 Å².